The van der Waals surface area contributed by atoms with E-state index >= 15 is 0 Å². The third kappa shape index (κ3) is 4.06. The van der Waals surface area contributed by atoms with Gasteiger partial charge in [-0.3, -0.25) is 14.8 Å². The molecule has 0 bridgehead atoms. The molecule has 1 aliphatic heterocycles. The number of pyridine rings is 2. The second-order valence-corrected chi connectivity index (χ2v) is 7.57. The van der Waals surface area contributed by atoms with Gasteiger partial charge in [0.2, 0.25) is 5.91 Å². The third-order valence-electron chi connectivity index (χ3n) is 4.67. The molecule has 1 atom stereocenters. The molecule has 1 N–H and O–H groups in total. The number of carbonyl (C=O) groups excluding carboxylic acids is 1. The fourth-order valence-electron chi connectivity index (χ4n) is 3.25. The number of fused-ring (bicyclic) bond motifs is 1. The van der Waals surface area contributed by atoms with Crippen molar-refractivity contribution < 1.29 is 9.53 Å². The molecule has 3 aromatic rings. The Morgan fingerprint density at radius 3 is 2.89 bits per heavy atom. The summed E-state index contributed by atoms with van der Waals surface area (Å²) in [6.07, 6.45) is 6.28. The average molecular weight is 379 g/mol. The average Bonchev–Trinajstić information content (AvgIpc) is 3.12. The number of nitrogens with zero attached hydrogens (tertiary/aromatic N) is 2. The van der Waals surface area contributed by atoms with Gasteiger partial charge in [-0.05, 0) is 42.2 Å². The van der Waals surface area contributed by atoms with E-state index in [2.05, 4.69) is 39.7 Å². The standard InChI is InChI=1S/C21H21N3O2S/c1-27-13-17-5-4-15(11-23-17)16-8-19-18(3-2-6-22-19)20(9-16)26-12-14-7-21(25)24-10-14/h2-6,8-9,11,14H,7,10,12-13H2,1H3,(H,24,25). The van der Waals surface area contributed by atoms with E-state index in [9.17, 15) is 4.79 Å². The van der Waals surface area contributed by atoms with Crippen molar-refractivity contribution in [3.05, 3.63) is 54.5 Å². The Kier molecular flexibility index (Phi) is 5.25. The van der Waals surface area contributed by atoms with E-state index in [4.69, 9.17) is 4.74 Å². The van der Waals surface area contributed by atoms with Crippen LogP contribution in [0.3, 0.4) is 0 Å². The van der Waals surface area contributed by atoms with Crippen LogP contribution in [0.25, 0.3) is 22.0 Å². The molecule has 5 nitrogen and oxygen atoms in total. The summed E-state index contributed by atoms with van der Waals surface area (Å²) >= 11 is 1.76. The molecule has 3 heterocycles. The molecule has 1 aromatic carbocycles. The summed E-state index contributed by atoms with van der Waals surface area (Å²) in [4.78, 5) is 20.4. The van der Waals surface area contributed by atoms with E-state index < -0.39 is 0 Å². The molecule has 1 fully saturated rings. The first-order valence-corrected chi connectivity index (χ1v) is 10.3. The van der Waals surface area contributed by atoms with Crippen molar-refractivity contribution in [2.24, 2.45) is 5.92 Å². The zero-order chi connectivity index (χ0) is 18.6. The van der Waals surface area contributed by atoms with E-state index in [0.717, 1.165) is 39.2 Å². The van der Waals surface area contributed by atoms with Gasteiger partial charge in [0.15, 0.2) is 0 Å². The van der Waals surface area contributed by atoms with Gasteiger partial charge < -0.3 is 10.1 Å². The number of amides is 1. The van der Waals surface area contributed by atoms with Crippen LogP contribution in [0.1, 0.15) is 12.1 Å². The molecule has 1 unspecified atom stereocenters. The number of nitrogens with one attached hydrogen (secondary N) is 1. The molecule has 1 saturated heterocycles. The van der Waals surface area contributed by atoms with E-state index in [1.165, 1.54) is 0 Å². The Balaban J connectivity index is 1.64. The van der Waals surface area contributed by atoms with Crippen molar-refractivity contribution in [3.8, 4) is 16.9 Å². The largest absolute Gasteiger partial charge is 0.492 e. The van der Waals surface area contributed by atoms with E-state index in [0.29, 0.717) is 19.6 Å². The lowest BCUT2D eigenvalue weighted by Gasteiger charge is -2.14. The van der Waals surface area contributed by atoms with Gasteiger partial charge in [-0.2, -0.15) is 11.8 Å². The molecule has 138 valence electrons. The lowest BCUT2D eigenvalue weighted by Crippen LogP contribution is -2.16. The Morgan fingerprint density at radius 2 is 2.15 bits per heavy atom. The number of thioether (sulfide) groups is 1. The van der Waals surface area contributed by atoms with Crippen molar-refractivity contribution in [1.82, 2.24) is 15.3 Å². The summed E-state index contributed by atoms with van der Waals surface area (Å²) in [5.41, 5.74) is 4.02. The highest BCUT2D eigenvalue weighted by atomic mass is 32.2. The molecule has 1 amide bonds. The molecule has 0 aliphatic carbocycles. The summed E-state index contributed by atoms with van der Waals surface area (Å²) in [5.74, 6) is 2.01. The van der Waals surface area contributed by atoms with Crippen LogP contribution in [0.5, 0.6) is 5.75 Å². The minimum atomic E-state index is 0.0975. The maximum Gasteiger partial charge on any atom is 0.220 e. The Bertz CT molecular complexity index is 959. The fourth-order valence-corrected chi connectivity index (χ4v) is 3.72. The molecule has 0 spiro atoms. The Hall–Kier alpha value is -2.60. The Labute approximate surface area is 162 Å². The highest BCUT2D eigenvalue weighted by Crippen LogP contribution is 2.32. The number of hydrogen-bond donors (Lipinski definition) is 1. The van der Waals surface area contributed by atoms with Gasteiger partial charge in [0.25, 0.3) is 0 Å². The van der Waals surface area contributed by atoms with Gasteiger partial charge in [0.1, 0.15) is 5.75 Å². The van der Waals surface area contributed by atoms with Crippen molar-refractivity contribution in [2.75, 3.05) is 19.4 Å². The van der Waals surface area contributed by atoms with Crippen LogP contribution in [0.2, 0.25) is 0 Å². The van der Waals surface area contributed by atoms with Crippen LogP contribution in [0, 0.1) is 5.92 Å². The SMILES string of the molecule is CSCc1ccc(-c2cc(OCC3CNC(=O)C3)c3cccnc3c2)cn1. The monoisotopic (exact) mass is 379 g/mol. The first-order valence-electron chi connectivity index (χ1n) is 8.95. The third-order valence-corrected chi connectivity index (χ3v) is 5.25. The van der Waals surface area contributed by atoms with Gasteiger partial charge >= 0.3 is 0 Å². The van der Waals surface area contributed by atoms with Crippen LogP contribution in [0.15, 0.2) is 48.8 Å². The van der Waals surface area contributed by atoms with Gasteiger partial charge in [-0.15, -0.1) is 0 Å². The normalized spacial score (nSPS) is 16.5. The van der Waals surface area contributed by atoms with Crippen molar-refractivity contribution in [3.63, 3.8) is 0 Å². The van der Waals surface area contributed by atoms with Crippen LogP contribution in [-0.2, 0) is 10.5 Å². The first-order chi connectivity index (χ1) is 13.2. The molecular weight excluding hydrogens is 358 g/mol. The second kappa shape index (κ2) is 7.96. The topological polar surface area (TPSA) is 64.1 Å². The number of hydrogen-bond acceptors (Lipinski definition) is 5. The maximum atomic E-state index is 11.4. The second-order valence-electron chi connectivity index (χ2n) is 6.70. The lowest BCUT2D eigenvalue weighted by molar-refractivity contribution is -0.119. The van der Waals surface area contributed by atoms with Crippen LogP contribution < -0.4 is 10.1 Å². The molecule has 27 heavy (non-hydrogen) atoms. The highest BCUT2D eigenvalue weighted by Gasteiger charge is 2.22. The van der Waals surface area contributed by atoms with Gasteiger partial charge in [-0.1, -0.05) is 6.07 Å². The minimum absolute atomic E-state index is 0.0975. The molecule has 4 rings (SSSR count). The predicted molar refractivity (Wildman–Crippen MR) is 109 cm³/mol. The smallest absolute Gasteiger partial charge is 0.220 e. The predicted octanol–water partition coefficient (Wildman–Crippen LogP) is 3.67. The molecule has 2 aromatic heterocycles. The molecule has 0 saturated carbocycles. The van der Waals surface area contributed by atoms with E-state index in [-0.39, 0.29) is 11.8 Å². The minimum Gasteiger partial charge on any atom is -0.492 e. The van der Waals surface area contributed by atoms with E-state index in [1.54, 1.807) is 18.0 Å². The quantitative estimate of drug-likeness (QED) is 0.708. The zero-order valence-corrected chi connectivity index (χ0v) is 16.0. The van der Waals surface area contributed by atoms with Crippen LogP contribution in [-0.4, -0.2) is 35.3 Å². The summed E-state index contributed by atoms with van der Waals surface area (Å²) in [6.45, 7) is 1.19. The number of aromatic nitrogens is 2. The maximum absolute atomic E-state index is 11.4. The molecular formula is C21H21N3O2S. The van der Waals surface area contributed by atoms with Crippen LogP contribution in [0.4, 0.5) is 0 Å². The number of ether oxygens (including phenoxy) is 1. The molecule has 6 heteroatoms. The van der Waals surface area contributed by atoms with Crippen molar-refractivity contribution >= 4 is 28.6 Å². The summed E-state index contributed by atoms with van der Waals surface area (Å²) < 4.78 is 6.12. The summed E-state index contributed by atoms with van der Waals surface area (Å²) in [7, 11) is 0. The summed E-state index contributed by atoms with van der Waals surface area (Å²) in [5, 5.41) is 3.83. The van der Waals surface area contributed by atoms with Crippen molar-refractivity contribution in [2.45, 2.75) is 12.2 Å². The fraction of sp³-hybridized carbons (Fsp3) is 0.286. The first kappa shape index (κ1) is 17.8. The van der Waals surface area contributed by atoms with Gasteiger partial charge in [-0.25, -0.2) is 0 Å². The molecule has 0 radical (unpaired) electrons. The Morgan fingerprint density at radius 1 is 1.22 bits per heavy atom. The zero-order valence-electron chi connectivity index (χ0n) is 15.1. The number of carbonyl (C=O) groups is 1. The lowest BCUT2D eigenvalue weighted by atomic mass is 10.0. The van der Waals surface area contributed by atoms with Gasteiger partial charge in [0.05, 0.1) is 17.8 Å². The number of rotatable bonds is 6. The van der Waals surface area contributed by atoms with Crippen molar-refractivity contribution in [1.29, 1.82) is 0 Å². The van der Waals surface area contributed by atoms with Gasteiger partial charge in [0, 0.05) is 48.0 Å². The van der Waals surface area contributed by atoms with Crippen LogP contribution >= 0.6 is 11.8 Å². The highest BCUT2D eigenvalue weighted by molar-refractivity contribution is 7.97. The summed E-state index contributed by atoms with van der Waals surface area (Å²) in [6, 6.07) is 12.2. The molecule has 1 aliphatic rings. The number of benzene rings is 1. The van der Waals surface area contributed by atoms with E-state index in [1.807, 2.05) is 24.4 Å².